The zero-order chi connectivity index (χ0) is 33.7. The minimum atomic E-state index is -4.59. The highest BCUT2D eigenvalue weighted by Crippen LogP contribution is 2.55. The Morgan fingerprint density at radius 1 is 0.958 bits per heavy atom. The number of hydrogen-bond acceptors (Lipinski definition) is 8. The predicted octanol–water partition coefficient (Wildman–Crippen LogP) is 5.17. The number of hydrogen-bond donors (Lipinski definition) is 3. The molecular formula is C33H29F3N8O4. The van der Waals surface area contributed by atoms with Gasteiger partial charge in [0.25, 0.3) is 5.91 Å². The fourth-order valence-corrected chi connectivity index (χ4v) is 6.96. The van der Waals surface area contributed by atoms with Crippen molar-refractivity contribution in [2.45, 2.75) is 56.0 Å². The van der Waals surface area contributed by atoms with Crippen LogP contribution in [0.25, 0.3) is 16.9 Å². The maximum absolute atomic E-state index is 14.3. The van der Waals surface area contributed by atoms with Crippen LogP contribution in [0.5, 0.6) is 0 Å². The second kappa shape index (κ2) is 11.5. The number of alkyl carbamates (subject to hydrolysis) is 1. The number of benzene rings is 2. The van der Waals surface area contributed by atoms with Crippen LogP contribution in [0.4, 0.5) is 29.6 Å². The summed E-state index contributed by atoms with van der Waals surface area (Å²) in [7, 11) is 0. The Morgan fingerprint density at radius 3 is 2.40 bits per heavy atom. The second-order valence-electron chi connectivity index (χ2n) is 12.2. The molecule has 2 aromatic carbocycles. The number of carbonyl (C=O) groups is 2. The Bertz CT molecular complexity index is 2090. The first-order valence-electron chi connectivity index (χ1n) is 15.2. The summed E-state index contributed by atoms with van der Waals surface area (Å²) in [5, 5.41) is 5.44. The molecule has 2 aliphatic carbocycles. The van der Waals surface area contributed by atoms with Crippen LogP contribution in [0.3, 0.4) is 0 Å². The molecule has 0 spiro atoms. The van der Waals surface area contributed by atoms with Gasteiger partial charge in [0.15, 0.2) is 11.5 Å². The molecule has 5 aromatic rings. The lowest BCUT2D eigenvalue weighted by Gasteiger charge is -2.28. The number of nitrogens with two attached hydrogens (primary N) is 1. The van der Waals surface area contributed by atoms with Crippen molar-refractivity contribution < 1.29 is 27.5 Å². The summed E-state index contributed by atoms with van der Waals surface area (Å²) in [6.45, 7) is 0.139. The fourth-order valence-electron chi connectivity index (χ4n) is 6.96. The van der Waals surface area contributed by atoms with Crippen molar-refractivity contribution in [2.24, 2.45) is 0 Å². The van der Waals surface area contributed by atoms with E-state index >= 15 is 0 Å². The molecule has 48 heavy (non-hydrogen) atoms. The lowest BCUT2D eigenvalue weighted by Crippen LogP contribution is -2.45. The molecule has 2 bridgehead atoms. The number of ether oxygens (including phenoxy) is 1. The first kappa shape index (κ1) is 30.9. The van der Waals surface area contributed by atoms with E-state index in [0.717, 1.165) is 23.9 Å². The lowest BCUT2D eigenvalue weighted by molar-refractivity contribution is -0.137. The standard InChI is InChI=1S/C33H29F3N8O4/c34-33(35,36)22-10-15-38-24(16-22)41-28(45)21-6-8-23(9-7-21)43-25-26(37)39-19-40-27(25)44(30(43)47)32-13-11-31(18-32,12-14-32)42-29(46)48-17-20-4-2-1-3-5-20/h1-10,15-16,19H,11-14,17-18H2,(H,42,46)(H2,37,39,40)(H,38,41,45). The number of alkyl halides is 3. The van der Waals surface area contributed by atoms with Crippen molar-refractivity contribution in [3.63, 3.8) is 0 Å². The number of amides is 2. The molecule has 4 N–H and O–H groups in total. The fraction of sp³-hybridized carbons (Fsp3) is 0.273. The van der Waals surface area contributed by atoms with E-state index in [-0.39, 0.29) is 23.8 Å². The van der Waals surface area contributed by atoms with E-state index in [2.05, 4.69) is 25.6 Å². The minimum absolute atomic E-state index is 0.0783. The first-order chi connectivity index (χ1) is 23.0. The van der Waals surface area contributed by atoms with Gasteiger partial charge in [0.05, 0.1) is 16.8 Å². The number of carbonyl (C=O) groups excluding carboxylic acids is 2. The number of nitrogens with one attached hydrogen (secondary N) is 2. The molecule has 15 heteroatoms. The van der Waals surface area contributed by atoms with E-state index in [0.29, 0.717) is 49.0 Å². The third-order valence-corrected chi connectivity index (χ3v) is 9.23. The Kier molecular flexibility index (Phi) is 7.41. The van der Waals surface area contributed by atoms with Gasteiger partial charge in [-0.1, -0.05) is 30.3 Å². The van der Waals surface area contributed by atoms with Gasteiger partial charge in [0.1, 0.15) is 24.3 Å². The van der Waals surface area contributed by atoms with Gasteiger partial charge in [0.2, 0.25) is 0 Å². The summed E-state index contributed by atoms with van der Waals surface area (Å²) in [6.07, 6.45) is 0.120. The SMILES string of the molecule is Nc1ncnc2c1n(-c1ccc(C(=O)Nc3cc(C(F)(F)F)ccn3)cc1)c(=O)n2C12CCC(NC(=O)OCc3ccccc3)(CC1)C2. The van der Waals surface area contributed by atoms with Gasteiger partial charge >= 0.3 is 18.0 Å². The van der Waals surface area contributed by atoms with Crippen LogP contribution in [-0.4, -0.2) is 41.6 Å². The summed E-state index contributed by atoms with van der Waals surface area (Å²) in [5.74, 6) is -0.868. The number of fused-ring (bicyclic) bond motifs is 3. The topological polar surface area (TPSA) is 159 Å². The van der Waals surface area contributed by atoms with Crippen molar-refractivity contribution in [1.29, 1.82) is 0 Å². The average Bonchev–Trinajstić information content (AvgIpc) is 3.72. The molecule has 0 aliphatic heterocycles. The van der Waals surface area contributed by atoms with E-state index in [4.69, 9.17) is 10.5 Å². The number of nitrogens with zero attached hydrogens (tertiary/aromatic N) is 5. The van der Waals surface area contributed by atoms with Crippen molar-refractivity contribution in [3.8, 4) is 5.69 Å². The van der Waals surface area contributed by atoms with Gasteiger partial charge in [0, 0.05) is 17.3 Å². The molecule has 3 heterocycles. The molecule has 2 aliphatic rings. The smallest absolute Gasteiger partial charge is 0.416 e. The van der Waals surface area contributed by atoms with Gasteiger partial charge in [-0.15, -0.1) is 0 Å². The molecule has 3 aromatic heterocycles. The quantitative estimate of drug-likeness (QED) is 0.216. The number of aromatic nitrogens is 5. The highest BCUT2D eigenvalue weighted by Gasteiger charge is 2.57. The van der Waals surface area contributed by atoms with Gasteiger partial charge in [-0.25, -0.2) is 24.5 Å². The summed E-state index contributed by atoms with van der Waals surface area (Å²) in [4.78, 5) is 52.3. The number of nitrogen functional groups attached to an aromatic ring is 1. The Balaban J connectivity index is 1.14. The van der Waals surface area contributed by atoms with Crippen LogP contribution < -0.4 is 22.1 Å². The average molecular weight is 659 g/mol. The highest BCUT2D eigenvalue weighted by molar-refractivity contribution is 6.04. The Morgan fingerprint density at radius 2 is 1.69 bits per heavy atom. The molecule has 0 unspecified atom stereocenters. The molecule has 7 rings (SSSR count). The van der Waals surface area contributed by atoms with Crippen LogP contribution >= 0.6 is 0 Å². The zero-order valence-corrected chi connectivity index (χ0v) is 25.3. The summed E-state index contributed by atoms with van der Waals surface area (Å²) < 4.78 is 47.8. The molecule has 2 fully saturated rings. The number of imidazole rings is 1. The summed E-state index contributed by atoms with van der Waals surface area (Å²) in [5.41, 5.74) is 5.75. The minimum Gasteiger partial charge on any atom is -0.445 e. The van der Waals surface area contributed by atoms with E-state index < -0.39 is 40.5 Å². The Hall–Kier alpha value is -5.73. The highest BCUT2D eigenvalue weighted by atomic mass is 19.4. The number of anilines is 2. The normalized spacial score (nSPS) is 20.1. The van der Waals surface area contributed by atoms with E-state index in [1.54, 1.807) is 4.57 Å². The lowest BCUT2D eigenvalue weighted by atomic mass is 9.91. The molecule has 0 radical (unpaired) electrons. The third-order valence-electron chi connectivity index (χ3n) is 9.23. The summed E-state index contributed by atoms with van der Waals surface area (Å²) in [6, 6.07) is 16.9. The van der Waals surface area contributed by atoms with Crippen LogP contribution in [0.2, 0.25) is 0 Å². The van der Waals surface area contributed by atoms with Gasteiger partial charge in [-0.2, -0.15) is 13.2 Å². The van der Waals surface area contributed by atoms with Crippen LogP contribution in [-0.2, 0) is 23.1 Å². The molecule has 12 nitrogen and oxygen atoms in total. The summed E-state index contributed by atoms with van der Waals surface area (Å²) >= 11 is 0. The number of pyridine rings is 1. The van der Waals surface area contributed by atoms with Crippen LogP contribution in [0.1, 0.15) is 53.6 Å². The molecule has 2 amide bonds. The van der Waals surface area contributed by atoms with Gasteiger partial charge in [-0.05, 0) is 74.1 Å². The second-order valence-corrected chi connectivity index (χ2v) is 12.2. The van der Waals surface area contributed by atoms with E-state index in [9.17, 15) is 27.6 Å². The van der Waals surface area contributed by atoms with E-state index in [1.807, 2.05) is 30.3 Å². The molecular weight excluding hydrogens is 629 g/mol. The third kappa shape index (κ3) is 5.50. The first-order valence-corrected chi connectivity index (χ1v) is 15.2. The Labute approximate surface area is 270 Å². The van der Waals surface area contributed by atoms with Gasteiger partial charge < -0.3 is 21.1 Å². The van der Waals surface area contributed by atoms with Crippen molar-refractivity contribution in [2.75, 3.05) is 11.1 Å². The molecule has 0 atom stereocenters. The van der Waals surface area contributed by atoms with E-state index in [1.165, 1.54) is 35.2 Å². The maximum atomic E-state index is 14.3. The largest absolute Gasteiger partial charge is 0.445 e. The van der Waals surface area contributed by atoms with Crippen molar-refractivity contribution in [1.82, 2.24) is 29.4 Å². The molecule has 246 valence electrons. The zero-order valence-electron chi connectivity index (χ0n) is 25.3. The monoisotopic (exact) mass is 658 g/mol. The van der Waals surface area contributed by atoms with Crippen molar-refractivity contribution >= 4 is 34.8 Å². The van der Waals surface area contributed by atoms with Crippen LogP contribution in [0.15, 0.2) is 84.0 Å². The predicted molar refractivity (Wildman–Crippen MR) is 168 cm³/mol. The molecule has 2 saturated carbocycles. The van der Waals surface area contributed by atoms with Gasteiger partial charge in [-0.3, -0.25) is 13.9 Å². The molecule has 0 saturated heterocycles. The number of halogens is 3. The number of rotatable bonds is 7. The van der Waals surface area contributed by atoms with Crippen LogP contribution in [0, 0.1) is 0 Å². The maximum Gasteiger partial charge on any atom is 0.416 e. The van der Waals surface area contributed by atoms with Crippen molar-refractivity contribution in [3.05, 3.63) is 106 Å².